The second kappa shape index (κ2) is 19.0. The van der Waals surface area contributed by atoms with Crippen LogP contribution < -0.4 is 10.6 Å². The van der Waals surface area contributed by atoms with E-state index in [9.17, 15) is 14.4 Å². The molecule has 0 bridgehead atoms. The van der Waals surface area contributed by atoms with Crippen LogP contribution in [0.25, 0.3) is 0 Å². The number of carbonyl (C=O) groups excluding carboxylic acids is 3. The third-order valence-corrected chi connectivity index (χ3v) is 7.23. The summed E-state index contributed by atoms with van der Waals surface area (Å²) in [5.41, 5.74) is 2.20. The van der Waals surface area contributed by atoms with Crippen LogP contribution in [0.5, 0.6) is 0 Å². The molecule has 0 spiro atoms. The standard InChI is InChI=1S/C32H55N3O4S/c1-9-11-13-14-16-19-35(30(37)27(17-20-40-8)34-31(38)39-32(5,6)7)28(29(36)33-18-15-12-10-2)26-22-24(3)21-25(4)23-26/h21-23,27-28H,9-20H2,1-8H3,(H,33,36)(H,34,38). The van der Waals surface area contributed by atoms with Crippen molar-refractivity contribution in [1.82, 2.24) is 15.5 Å². The number of nitrogens with zero attached hydrogens (tertiary/aromatic N) is 1. The molecule has 0 aromatic heterocycles. The largest absolute Gasteiger partial charge is 0.444 e. The van der Waals surface area contributed by atoms with Gasteiger partial charge in [0.2, 0.25) is 11.8 Å². The molecule has 2 unspecified atom stereocenters. The summed E-state index contributed by atoms with van der Waals surface area (Å²) in [6.45, 7) is 14.7. The Hall–Kier alpha value is -2.22. The van der Waals surface area contributed by atoms with E-state index in [4.69, 9.17) is 4.74 Å². The Morgan fingerprint density at radius 1 is 0.925 bits per heavy atom. The number of thioether (sulfide) groups is 1. The lowest BCUT2D eigenvalue weighted by Crippen LogP contribution is -2.53. The average Bonchev–Trinajstić information content (AvgIpc) is 2.86. The summed E-state index contributed by atoms with van der Waals surface area (Å²) in [4.78, 5) is 42.6. The number of amides is 3. The van der Waals surface area contributed by atoms with Crippen molar-refractivity contribution < 1.29 is 19.1 Å². The molecular weight excluding hydrogens is 522 g/mol. The third kappa shape index (κ3) is 13.9. The first kappa shape index (κ1) is 35.8. The fourth-order valence-electron chi connectivity index (χ4n) is 4.72. The van der Waals surface area contributed by atoms with Gasteiger partial charge in [0.25, 0.3) is 0 Å². The first-order chi connectivity index (χ1) is 18.9. The molecule has 0 saturated carbocycles. The number of unbranched alkanes of at least 4 members (excludes halogenated alkanes) is 6. The van der Waals surface area contributed by atoms with Gasteiger partial charge in [-0.05, 0) is 71.5 Å². The van der Waals surface area contributed by atoms with Crippen molar-refractivity contribution in [2.45, 2.75) is 124 Å². The Morgan fingerprint density at radius 3 is 2.10 bits per heavy atom. The fourth-order valence-corrected chi connectivity index (χ4v) is 5.19. The highest BCUT2D eigenvalue weighted by molar-refractivity contribution is 7.98. The Bertz CT molecular complexity index is 896. The van der Waals surface area contributed by atoms with Gasteiger partial charge in [-0.25, -0.2) is 4.79 Å². The van der Waals surface area contributed by atoms with E-state index in [1.165, 1.54) is 0 Å². The van der Waals surface area contributed by atoms with E-state index >= 15 is 0 Å². The maximum absolute atomic E-state index is 14.3. The maximum Gasteiger partial charge on any atom is 0.408 e. The number of hydrogen-bond acceptors (Lipinski definition) is 5. The molecule has 1 aromatic carbocycles. The zero-order valence-corrected chi connectivity index (χ0v) is 27.2. The molecule has 40 heavy (non-hydrogen) atoms. The van der Waals surface area contributed by atoms with Crippen molar-refractivity contribution in [3.05, 3.63) is 34.9 Å². The molecule has 0 saturated heterocycles. The van der Waals surface area contributed by atoms with E-state index in [0.717, 1.165) is 68.1 Å². The SMILES string of the molecule is CCCCCCCN(C(=O)C(CCSC)NC(=O)OC(C)(C)C)C(C(=O)NCCCCC)c1cc(C)cc(C)c1. The Balaban J connectivity index is 3.47. The van der Waals surface area contributed by atoms with E-state index in [2.05, 4.69) is 30.5 Å². The molecule has 3 amide bonds. The predicted molar refractivity (Wildman–Crippen MR) is 168 cm³/mol. The lowest BCUT2D eigenvalue weighted by atomic mass is 9.97. The molecule has 1 aromatic rings. The first-order valence-electron chi connectivity index (χ1n) is 15.1. The number of ether oxygens (including phenoxy) is 1. The lowest BCUT2D eigenvalue weighted by Gasteiger charge is -2.35. The molecule has 7 nitrogen and oxygen atoms in total. The molecule has 2 N–H and O–H groups in total. The number of benzene rings is 1. The summed E-state index contributed by atoms with van der Waals surface area (Å²) in [5, 5.41) is 5.94. The average molecular weight is 578 g/mol. The number of carbonyl (C=O) groups is 3. The molecule has 2 atom stereocenters. The number of nitrogens with one attached hydrogen (secondary N) is 2. The van der Waals surface area contributed by atoms with Crippen molar-refractivity contribution in [2.24, 2.45) is 0 Å². The van der Waals surface area contributed by atoms with Crippen molar-refractivity contribution in [2.75, 3.05) is 25.1 Å². The summed E-state index contributed by atoms with van der Waals surface area (Å²) in [6.07, 6.45) is 9.91. The van der Waals surface area contributed by atoms with Gasteiger partial charge in [-0.1, -0.05) is 81.7 Å². The normalized spacial score (nSPS) is 12.9. The zero-order chi connectivity index (χ0) is 30.1. The van der Waals surface area contributed by atoms with E-state index in [1.54, 1.807) is 37.4 Å². The van der Waals surface area contributed by atoms with Gasteiger partial charge in [-0.15, -0.1) is 0 Å². The molecule has 0 aliphatic heterocycles. The summed E-state index contributed by atoms with van der Waals surface area (Å²) in [6, 6.07) is 4.50. The molecule has 0 fully saturated rings. The Kier molecular flexibility index (Phi) is 17.0. The van der Waals surface area contributed by atoms with Gasteiger partial charge in [-0.2, -0.15) is 11.8 Å². The quantitative estimate of drug-likeness (QED) is 0.182. The number of rotatable bonds is 18. The van der Waals surface area contributed by atoms with Crippen LogP contribution in [0, 0.1) is 13.8 Å². The summed E-state index contributed by atoms with van der Waals surface area (Å²) in [5.74, 6) is 0.265. The molecule has 228 valence electrons. The molecule has 0 aliphatic carbocycles. The zero-order valence-electron chi connectivity index (χ0n) is 26.4. The second-order valence-electron chi connectivity index (χ2n) is 11.7. The lowest BCUT2D eigenvalue weighted by molar-refractivity contribution is -0.142. The van der Waals surface area contributed by atoms with Crippen molar-refractivity contribution >= 4 is 29.7 Å². The van der Waals surface area contributed by atoms with Crippen LogP contribution in [0.4, 0.5) is 4.79 Å². The van der Waals surface area contributed by atoms with Crippen LogP contribution in [0.1, 0.15) is 115 Å². The monoisotopic (exact) mass is 577 g/mol. The topological polar surface area (TPSA) is 87.7 Å². The van der Waals surface area contributed by atoms with Crippen molar-refractivity contribution in [3.8, 4) is 0 Å². The maximum atomic E-state index is 14.3. The second-order valence-corrected chi connectivity index (χ2v) is 12.7. The molecule has 0 aliphatic rings. The number of aryl methyl sites for hydroxylation is 2. The summed E-state index contributed by atoms with van der Waals surface area (Å²) >= 11 is 1.61. The molecule has 0 radical (unpaired) electrons. The van der Waals surface area contributed by atoms with Crippen LogP contribution in [0.3, 0.4) is 0 Å². The number of alkyl carbamates (subject to hydrolysis) is 1. The van der Waals surface area contributed by atoms with Gasteiger partial charge in [-0.3, -0.25) is 9.59 Å². The highest BCUT2D eigenvalue weighted by Gasteiger charge is 2.36. The third-order valence-electron chi connectivity index (χ3n) is 6.58. The molecule has 1 rings (SSSR count). The minimum Gasteiger partial charge on any atom is -0.444 e. The van der Waals surface area contributed by atoms with Gasteiger partial charge in [0, 0.05) is 13.1 Å². The van der Waals surface area contributed by atoms with Crippen LogP contribution in [0.2, 0.25) is 0 Å². The predicted octanol–water partition coefficient (Wildman–Crippen LogP) is 7.10. The van der Waals surface area contributed by atoms with Gasteiger partial charge in [0.05, 0.1) is 0 Å². The van der Waals surface area contributed by atoms with E-state index in [0.29, 0.717) is 25.3 Å². The smallest absolute Gasteiger partial charge is 0.408 e. The van der Waals surface area contributed by atoms with Gasteiger partial charge in [0.15, 0.2) is 0 Å². The molecule has 8 heteroatoms. The highest BCUT2D eigenvalue weighted by Crippen LogP contribution is 2.26. The van der Waals surface area contributed by atoms with Crippen molar-refractivity contribution in [1.29, 1.82) is 0 Å². The minimum absolute atomic E-state index is 0.177. The fraction of sp³-hybridized carbons (Fsp3) is 0.719. The van der Waals surface area contributed by atoms with E-state index in [1.807, 2.05) is 32.2 Å². The first-order valence-corrected chi connectivity index (χ1v) is 16.5. The van der Waals surface area contributed by atoms with Crippen LogP contribution in [-0.2, 0) is 14.3 Å². The van der Waals surface area contributed by atoms with Gasteiger partial charge < -0.3 is 20.3 Å². The molecule has 0 heterocycles. The van der Waals surface area contributed by atoms with Crippen LogP contribution in [-0.4, -0.2) is 59.5 Å². The van der Waals surface area contributed by atoms with Crippen LogP contribution >= 0.6 is 11.8 Å². The Morgan fingerprint density at radius 2 is 1.52 bits per heavy atom. The van der Waals surface area contributed by atoms with Crippen LogP contribution in [0.15, 0.2) is 18.2 Å². The van der Waals surface area contributed by atoms with E-state index in [-0.39, 0.29) is 11.8 Å². The van der Waals surface area contributed by atoms with E-state index < -0.39 is 23.8 Å². The minimum atomic E-state index is -0.792. The van der Waals surface area contributed by atoms with Crippen molar-refractivity contribution in [3.63, 3.8) is 0 Å². The summed E-state index contributed by atoms with van der Waals surface area (Å²) in [7, 11) is 0. The molecular formula is C32H55N3O4S. The van der Waals surface area contributed by atoms with Gasteiger partial charge in [0.1, 0.15) is 17.7 Å². The number of hydrogen-bond donors (Lipinski definition) is 2. The highest BCUT2D eigenvalue weighted by atomic mass is 32.2. The summed E-state index contributed by atoms with van der Waals surface area (Å²) < 4.78 is 5.50. The Labute approximate surface area is 248 Å². The van der Waals surface area contributed by atoms with Gasteiger partial charge >= 0.3 is 6.09 Å².